The molecule has 0 amide bonds. The van der Waals surface area contributed by atoms with Crippen LogP contribution in [0.1, 0.15) is 31.2 Å². The lowest BCUT2D eigenvalue weighted by Gasteiger charge is -2.04. The van der Waals surface area contributed by atoms with Gasteiger partial charge in [-0.1, -0.05) is 36.8 Å². The fraction of sp³-hybridized carbons (Fsp3) is 0.571. The molecule has 1 aromatic carbocycles. The highest BCUT2D eigenvalue weighted by atomic mass is 35.5. The van der Waals surface area contributed by atoms with Crippen LogP contribution in [0.15, 0.2) is 30.3 Å². The Labute approximate surface area is 104 Å². The molecule has 1 nitrogen and oxygen atoms in total. The minimum absolute atomic E-state index is 0.800. The molecule has 0 saturated heterocycles. The van der Waals surface area contributed by atoms with Crippen LogP contribution in [0, 0.1) is 0 Å². The van der Waals surface area contributed by atoms with E-state index in [1.165, 1.54) is 31.2 Å². The van der Waals surface area contributed by atoms with Gasteiger partial charge in [0.25, 0.3) is 0 Å². The predicted octanol–water partition coefficient (Wildman–Crippen LogP) is 3.62. The summed E-state index contributed by atoms with van der Waals surface area (Å²) in [5.41, 5.74) is 1.44. The van der Waals surface area contributed by atoms with Crippen LogP contribution in [-0.4, -0.2) is 19.0 Å². The van der Waals surface area contributed by atoms with Crippen molar-refractivity contribution in [1.29, 1.82) is 0 Å². The van der Waals surface area contributed by atoms with Crippen molar-refractivity contribution in [2.45, 2.75) is 32.1 Å². The molecule has 0 aliphatic heterocycles. The first-order valence-electron chi connectivity index (χ1n) is 6.24. The van der Waals surface area contributed by atoms with E-state index in [0.717, 1.165) is 25.4 Å². The molecule has 0 spiro atoms. The number of unbranched alkanes of at least 4 members (excludes halogenated alkanes) is 2. The Morgan fingerprint density at radius 2 is 1.62 bits per heavy atom. The molecule has 0 aliphatic rings. The molecule has 1 N–H and O–H groups in total. The first kappa shape index (κ1) is 13.5. The molecule has 0 heterocycles. The maximum Gasteiger partial charge on any atom is 0.0223 e. The molecule has 2 heteroatoms. The van der Waals surface area contributed by atoms with Gasteiger partial charge in [-0.05, 0) is 44.3 Å². The van der Waals surface area contributed by atoms with Crippen LogP contribution >= 0.6 is 11.6 Å². The summed E-state index contributed by atoms with van der Waals surface area (Å²) in [5, 5.41) is 3.47. The van der Waals surface area contributed by atoms with Gasteiger partial charge in [0.15, 0.2) is 0 Å². The third-order valence-corrected chi connectivity index (χ3v) is 2.92. The minimum Gasteiger partial charge on any atom is -0.317 e. The monoisotopic (exact) mass is 239 g/mol. The Bertz CT molecular complexity index is 248. The molecule has 1 aromatic rings. The lowest BCUT2D eigenvalue weighted by molar-refractivity contribution is 0.600. The number of halogens is 1. The zero-order chi connectivity index (χ0) is 11.5. The number of hydrogen-bond donors (Lipinski definition) is 1. The number of nitrogens with one attached hydrogen (secondary N) is 1. The largest absolute Gasteiger partial charge is 0.317 e. The fourth-order valence-electron chi connectivity index (χ4n) is 1.71. The van der Waals surface area contributed by atoms with E-state index in [1.807, 2.05) is 0 Å². The Kier molecular flexibility index (Phi) is 8.19. The predicted molar refractivity (Wildman–Crippen MR) is 72.2 cm³/mol. The highest BCUT2D eigenvalue weighted by molar-refractivity contribution is 6.17. The molecule has 0 bridgehead atoms. The third kappa shape index (κ3) is 6.86. The van der Waals surface area contributed by atoms with E-state index in [0.29, 0.717) is 0 Å². The van der Waals surface area contributed by atoms with Crippen molar-refractivity contribution in [1.82, 2.24) is 5.32 Å². The topological polar surface area (TPSA) is 12.0 Å². The van der Waals surface area contributed by atoms with Gasteiger partial charge in [-0.3, -0.25) is 0 Å². The summed E-state index contributed by atoms with van der Waals surface area (Å²) in [4.78, 5) is 0. The normalized spacial score (nSPS) is 10.6. The van der Waals surface area contributed by atoms with E-state index in [2.05, 4.69) is 35.6 Å². The van der Waals surface area contributed by atoms with E-state index in [1.54, 1.807) is 0 Å². The highest BCUT2D eigenvalue weighted by Gasteiger charge is 1.92. The van der Waals surface area contributed by atoms with Gasteiger partial charge in [-0.15, -0.1) is 11.6 Å². The van der Waals surface area contributed by atoms with Crippen molar-refractivity contribution < 1.29 is 0 Å². The zero-order valence-electron chi connectivity index (χ0n) is 9.92. The van der Waals surface area contributed by atoms with Crippen molar-refractivity contribution in [2.24, 2.45) is 0 Å². The standard InChI is InChI=1S/C14H22ClN/c15-11-5-2-6-12-16-13-7-10-14-8-3-1-4-9-14/h1,3-4,8-9,16H,2,5-7,10-13H2. The first-order chi connectivity index (χ1) is 7.93. The van der Waals surface area contributed by atoms with Crippen molar-refractivity contribution >= 4 is 11.6 Å². The zero-order valence-corrected chi connectivity index (χ0v) is 10.7. The second kappa shape index (κ2) is 9.68. The summed E-state index contributed by atoms with van der Waals surface area (Å²) in [7, 11) is 0. The van der Waals surface area contributed by atoms with Gasteiger partial charge < -0.3 is 5.32 Å². The van der Waals surface area contributed by atoms with Gasteiger partial charge in [0.05, 0.1) is 0 Å². The van der Waals surface area contributed by atoms with Crippen LogP contribution in [0.4, 0.5) is 0 Å². The molecular weight excluding hydrogens is 218 g/mol. The van der Waals surface area contributed by atoms with Crippen molar-refractivity contribution in [3.05, 3.63) is 35.9 Å². The molecule has 0 unspecified atom stereocenters. The van der Waals surface area contributed by atoms with Crippen LogP contribution in [0.3, 0.4) is 0 Å². The van der Waals surface area contributed by atoms with Gasteiger partial charge >= 0.3 is 0 Å². The maximum absolute atomic E-state index is 5.61. The lowest BCUT2D eigenvalue weighted by Crippen LogP contribution is -2.17. The van der Waals surface area contributed by atoms with Crippen molar-refractivity contribution in [2.75, 3.05) is 19.0 Å². The molecule has 90 valence electrons. The number of rotatable bonds is 9. The molecule has 0 radical (unpaired) electrons. The van der Waals surface area contributed by atoms with Crippen LogP contribution in [0.5, 0.6) is 0 Å². The minimum atomic E-state index is 0.800. The average molecular weight is 240 g/mol. The molecule has 0 fully saturated rings. The van der Waals surface area contributed by atoms with E-state index in [4.69, 9.17) is 11.6 Å². The Morgan fingerprint density at radius 1 is 0.875 bits per heavy atom. The Hall–Kier alpha value is -0.530. The van der Waals surface area contributed by atoms with Crippen molar-refractivity contribution in [3.63, 3.8) is 0 Å². The third-order valence-electron chi connectivity index (χ3n) is 2.65. The molecule has 0 atom stereocenters. The molecule has 0 aromatic heterocycles. The SMILES string of the molecule is ClCCCCCNCCCc1ccccc1. The summed E-state index contributed by atoms with van der Waals surface area (Å²) in [6.45, 7) is 2.25. The smallest absolute Gasteiger partial charge is 0.0223 e. The van der Waals surface area contributed by atoms with E-state index < -0.39 is 0 Å². The Balaban J connectivity index is 1.89. The number of benzene rings is 1. The maximum atomic E-state index is 5.61. The quantitative estimate of drug-likeness (QED) is 0.513. The summed E-state index contributed by atoms with van der Waals surface area (Å²) in [6.07, 6.45) is 6.04. The average Bonchev–Trinajstić information content (AvgIpc) is 2.34. The fourth-order valence-corrected chi connectivity index (χ4v) is 1.90. The number of aryl methyl sites for hydroxylation is 1. The van der Waals surface area contributed by atoms with E-state index >= 15 is 0 Å². The molecule has 0 saturated carbocycles. The second-order valence-corrected chi connectivity index (χ2v) is 4.47. The van der Waals surface area contributed by atoms with Gasteiger partial charge in [0.2, 0.25) is 0 Å². The van der Waals surface area contributed by atoms with Crippen molar-refractivity contribution in [3.8, 4) is 0 Å². The van der Waals surface area contributed by atoms with Gasteiger partial charge in [0, 0.05) is 5.88 Å². The molecule has 1 rings (SSSR count). The molecular formula is C14H22ClN. The first-order valence-corrected chi connectivity index (χ1v) is 6.77. The van der Waals surface area contributed by atoms with Crippen LogP contribution in [0.25, 0.3) is 0 Å². The van der Waals surface area contributed by atoms with E-state index in [-0.39, 0.29) is 0 Å². The summed E-state index contributed by atoms with van der Waals surface area (Å²) in [6, 6.07) is 10.7. The lowest BCUT2D eigenvalue weighted by atomic mass is 10.1. The van der Waals surface area contributed by atoms with Crippen LogP contribution < -0.4 is 5.32 Å². The Morgan fingerprint density at radius 3 is 2.38 bits per heavy atom. The molecule has 0 aliphatic carbocycles. The molecule has 16 heavy (non-hydrogen) atoms. The van der Waals surface area contributed by atoms with Gasteiger partial charge in [-0.25, -0.2) is 0 Å². The number of hydrogen-bond acceptors (Lipinski definition) is 1. The number of alkyl halides is 1. The second-order valence-electron chi connectivity index (χ2n) is 4.09. The van der Waals surface area contributed by atoms with Gasteiger partial charge in [-0.2, -0.15) is 0 Å². The van der Waals surface area contributed by atoms with Crippen LogP contribution in [-0.2, 0) is 6.42 Å². The summed E-state index contributed by atoms with van der Waals surface area (Å²) < 4.78 is 0. The van der Waals surface area contributed by atoms with E-state index in [9.17, 15) is 0 Å². The van der Waals surface area contributed by atoms with Crippen LogP contribution in [0.2, 0.25) is 0 Å². The summed E-state index contributed by atoms with van der Waals surface area (Å²) >= 11 is 5.61. The van der Waals surface area contributed by atoms with Gasteiger partial charge in [0.1, 0.15) is 0 Å². The summed E-state index contributed by atoms with van der Waals surface area (Å²) in [5.74, 6) is 0.800. The highest BCUT2D eigenvalue weighted by Crippen LogP contribution is 2.01.